The van der Waals surface area contributed by atoms with E-state index in [2.05, 4.69) is 18.0 Å². The van der Waals surface area contributed by atoms with Crippen LogP contribution in [0.1, 0.15) is 18.4 Å². The Labute approximate surface area is 172 Å². The summed E-state index contributed by atoms with van der Waals surface area (Å²) >= 11 is 1.07. The van der Waals surface area contributed by atoms with Crippen molar-refractivity contribution in [3.8, 4) is 17.6 Å². The third-order valence-electron chi connectivity index (χ3n) is 4.10. The Kier molecular flexibility index (Phi) is 7.33. The first-order valence-electron chi connectivity index (χ1n) is 8.52. The Hall–Kier alpha value is -3.38. The minimum absolute atomic E-state index is 0.0100. The number of benzene rings is 1. The number of amides is 1. The van der Waals surface area contributed by atoms with Gasteiger partial charge in [-0.15, -0.1) is 0 Å². The number of primary amides is 1. The largest absolute Gasteiger partial charge is 0.504 e. The number of allylic oxidation sites excluding steroid dienone is 2. The van der Waals surface area contributed by atoms with Crippen molar-refractivity contribution in [3.63, 3.8) is 0 Å². The fraction of sp³-hybridized carbons (Fsp3) is 0.250. The lowest BCUT2D eigenvalue weighted by atomic mass is 9.82. The van der Waals surface area contributed by atoms with E-state index in [4.69, 9.17) is 15.2 Å². The van der Waals surface area contributed by atoms with Gasteiger partial charge in [0.2, 0.25) is 5.91 Å². The summed E-state index contributed by atoms with van der Waals surface area (Å²) < 4.78 is 10.4. The van der Waals surface area contributed by atoms with Crippen molar-refractivity contribution < 1.29 is 24.2 Å². The number of methoxy groups -OCH3 is 1. The SMILES string of the molecule is C=CCOC(=O)C1=C(C)NC(SCC(N)=O)=C(C#N)[C@H]1c1ccc(O)c(OC)c1. The molecular formula is C20H21N3O5S. The molecule has 1 heterocycles. The average Bonchev–Trinajstić information content (AvgIpc) is 2.70. The maximum absolute atomic E-state index is 12.7. The number of aromatic hydroxyl groups is 1. The van der Waals surface area contributed by atoms with Crippen molar-refractivity contribution in [2.24, 2.45) is 5.73 Å². The van der Waals surface area contributed by atoms with Crippen LogP contribution in [0.2, 0.25) is 0 Å². The summed E-state index contributed by atoms with van der Waals surface area (Å²) in [4.78, 5) is 24.0. The van der Waals surface area contributed by atoms with Crippen molar-refractivity contribution in [2.75, 3.05) is 19.5 Å². The number of nitrogens with two attached hydrogens (primary N) is 1. The first-order valence-corrected chi connectivity index (χ1v) is 9.50. The standard InChI is InChI=1S/C20H21N3O5S/c1-4-7-28-20(26)17-11(2)23-19(29-10-16(22)25)13(9-21)18(17)12-5-6-14(24)15(8-12)27-3/h4-6,8,18,23-24H,1,7,10H2,2-3H3,(H2,22,25)/t18-/m1/s1. The minimum atomic E-state index is -0.788. The normalized spacial score (nSPS) is 16.0. The summed E-state index contributed by atoms with van der Waals surface area (Å²) in [5, 5.41) is 23.2. The molecule has 0 saturated carbocycles. The maximum Gasteiger partial charge on any atom is 0.337 e. The highest BCUT2D eigenvalue weighted by molar-refractivity contribution is 8.03. The monoisotopic (exact) mass is 415 g/mol. The summed E-state index contributed by atoms with van der Waals surface area (Å²) in [5.41, 5.74) is 6.70. The van der Waals surface area contributed by atoms with Crippen LogP contribution in [-0.2, 0) is 14.3 Å². The summed E-state index contributed by atoms with van der Waals surface area (Å²) in [6.07, 6.45) is 1.44. The molecule has 1 aliphatic rings. The molecule has 1 aliphatic heterocycles. The average molecular weight is 415 g/mol. The minimum Gasteiger partial charge on any atom is -0.504 e. The van der Waals surface area contributed by atoms with E-state index in [1.165, 1.54) is 19.3 Å². The molecule has 0 fully saturated rings. The fourth-order valence-corrected chi connectivity index (χ4v) is 3.69. The van der Waals surface area contributed by atoms with Gasteiger partial charge in [-0.05, 0) is 24.6 Å². The highest BCUT2D eigenvalue weighted by Crippen LogP contribution is 2.42. The molecule has 9 heteroatoms. The van der Waals surface area contributed by atoms with Crippen LogP contribution in [0.4, 0.5) is 0 Å². The van der Waals surface area contributed by atoms with Gasteiger partial charge in [0, 0.05) is 5.70 Å². The molecule has 2 rings (SSSR count). The molecule has 1 amide bonds. The predicted octanol–water partition coefficient (Wildman–Crippen LogP) is 2.04. The number of nitrogens with one attached hydrogen (secondary N) is 1. The number of nitriles is 1. The Morgan fingerprint density at radius 1 is 1.48 bits per heavy atom. The van der Waals surface area contributed by atoms with E-state index in [1.807, 2.05) is 0 Å². The number of thioether (sulfide) groups is 1. The van der Waals surface area contributed by atoms with E-state index in [-0.39, 0.29) is 35.0 Å². The third kappa shape index (κ3) is 4.92. The van der Waals surface area contributed by atoms with Gasteiger partial charge in [-0.25, -0.2) is 4.79 Å². The molecule has 1 atom stereocenters. The molecule has 0 aromatic heterocycles. The number of carbonyl (C=O) groups is 2. The van der Waals surface area contributed by atoms with Gasteiger partial charge < -0.3 is 25.6 Å². The molecule has 0 unspecified atom stereocenters. The van der Waals surface area contributed by atoms with Crippen LogP contribution in [0.5, 0.6) is 11.5 Å². The van der Waals surface area contributed by atoms with Crippen molar-refractivity contribution in [1.82, 2.24) is 5.32 Å². The third-order valence-corrected chi connectivity index (χ3v) is 5.14. The lowest BCUT2D eigenvalue weighted by molar-refractivity contribution is -0.138. The first-order chi connectivity index (χ1) is 13.8. The zero-order valence-electron chi connectivity index (χ0n) is 16.0. The van der Waals surface area contributed by atoms with Crippen LogP contribution in [0.15, 0.2) is 52.7 Å². The van der Waals surface area contributed by atoms with Crippen LogP contribution in [-0.4, -0.2) is 36.5 Å². The van der Waals surface area contributed by atoms with E-state index in [0.717, 1.165) is 11.8 Å². The smallest absolute Gasteiger partial charge is 0.337 e. The number of dihydropyridines is 1. The van der Waals surface area contributed by atoms with Gasteiger partial charge in [-0.3, -0.25) is 4.79 Å². The lowest BCUT2D eigenvalue weighted by Crippen LogP contribution is -2.29. The summed E-state index contributed by atoms with van der Waals surface area (Å²) in [7, 11) is 1.40. The number of hydrogen-bond donors (Lipinski definition) is 3. The van der Waals surface area contributed by atoms with E-state index in [9.17, 15) is 20.0 Å². The fourth-order valence-electron chi connectivity index (χ4n) is 2.86. The second-order valence-corrected chi connectivity index (χ2v) is 7.01. The number of esters is 1. The number of hydrogen-bond acceptors (Lipinski definition) is 8. The van der Waals surface area contributed by atoms with Gasteiger partial charge in [0.15, 0.2) is 11.5 Å². The summed E-state index contributed by atoms with van der Waals surface area (Å²) in [6, 6.07) is 6.68. The second-order valence-electron chi connectivity index (χ2n) is 6.02. The van der Waals surface area contributed by atoms with Gasteiger partial charge in [0.05, 0.1) is 41.0 Å². The molecule has 29 heavy (non-hydrogen) atoms. The summed E-state index contributed by atoms with van der Waals surface area (Å²) in [6.45, 7) is 5.21. The van der Waals surface area contributed by atoms with Crippen molar-refractivity contribution in [3.05, 3.63) is 58.3 Å². The molecule has 152 valence electrons. The van der Waals surface area contributed by atoms with E-state index < -0.39 is 17.8 Å². The Morgan fingerprint density at radius 3 is 2.79 bits per heavy atom. The van der Waals surface area contributed by atoms with Gasteiger partial charge in [0.25, 0.3) is 0 Å². The van der Waals surface area contributed by atoms with Crippen LogP contribution in [0, 0.1) is 11.3 Å². The second kappa shape index (κ2) is 9.71. The zero-order valence-corrected chi connectivity index (χ0v) is 16.8. The van der Waals surface area contributed by atoms with Crippen molar-refractivity contribution >= 4 is 23.6 Å². The molecular weight excluding hydrogens is 394 g/mol. The number of ether oxygens (including phenoxy) is 2. The van der Waals surface area contributed by atoms with Gasteiger partial charge in [-0.1, -0.05) is 30.5 Å². The van der Waals surface area contributed by atoms with Crippen molar-refractivity contribution in [2.45, 2.75) is 12.8 Å². The zero-order chi connectivity index (χ0) is 21.6. The molecule has 0 spiro atoms. The molecule has 8 nitrogen and oxygen atoms in total. The predicted molar refractivity (Wildman–Crippen MR) is 109 cm³/mol. The molecule has 0 saturated heterocycles. The maximum atomic E-state index is 12.7. The number of rotatable bonds is 8. The highest BCUT2D eigenvalue weighted by atomic mass is 32.2. The quantitative estimate of drug-likeness (QED) is 0.434. The first kappa shape index (κ1) is 21.9. The molecule has 0 bridgehead atoms. The number of phenolic OH excluding ortho intramolecular Hbond substituents is 1. The molecule has 1 aromatic rings. The number of nitrogens with zero attached hydrogens (tertiary/aromatic N) is 1. The molecule has 4 N–H and O–H groups in total. The van der Waals surface area contributed by atoms with E-state index in [1.54, 1.807) is 19.1 Å². The molecule has 1 aromatic carbocycles. The van der Waals surface area contributed by atoms with Crippen LogP contribution < -0.4 is 15.8 Å². The van der Waals surface area contributed by atoms with Crippen LogP contribution >= 0.6 is 11.8 Å². The van der Waals surface area contributed by atoms with Gasteiger partial charge in [0.1, 0.15) is 6.61 Å². The molecule has 0 radical (unpaired) electrons. The van der Waals surface area contributed by atoms with Gasteiger partial charge in [-0.2, -0.15) is 5.26 Å². The number of carbonyl (C=O) groups excluding carboxylic acids is 2. The summed E-state index contributed by atoms with van der Waals surface area (Å²) in [5.74, 6) is -1.86. The Bertz CT molecular complexity index is 946. The Balaban J connectivity index is 2.63. The lowest BCUT2D eigenvalue weighted by Gasteiger charge is -2.29. The van der Waals surface area contributed by atoms with E-state index >= 15 is 0 Å². The Morgan fingerprint density at radius 2 is 2.21 bits per heavy atom. The van der Waals surface area contributed by atoms with Crippen LogP contribution in [0.25, 0.3) is 0 Å². The van der Waals surface area contributed by atoms with Crippen LogP contribution in [0.3, 0.4) is 0 Å². The van der Waals surface area contributed by atoms with Gasteiger partial charge >= 0.3 is 5.97 Å². The topological polar surface area (TPSA) is 135 Å². The van der Waals surface area contributed by atoms with Crippen molar-refractivity contribution in [1.29, 1.82) is 5.26 Å². The molecule has 0 aliphatic carbocycles. The van der Waals surface area contributed by atoms with E-state index in [0.29, 0.717) is 16.3 Å². The highest BCUT2D eigenvalue weighted by Gasteiger charge is 2.36. The number of phenols is 1.